The molecule has 5 rings (SSSR count). The van der Waals surface area contributed by atoms with Gasteiger partial charge < -0.3 is 34.1 Å². The minimum Gasteiger partial charge on any atom is -0.486 e. The van der Waals surface area contributed by atoms with E-state index in [9.17, 15) is 37.5 Å². The van der Waals surface area contributed by atoms with Crippen molar-refractivity contribution in [3.63, 3.8) is 0 Å². The number of nitrogens with one attached hydrogen (secondary N) is 1. The van der Waals surface area contributed by atoms with Crippen LogP contribution in [0.25, 0.3) is 11.1 Å². The SMILES string of the molecule is Cc1c(-c2ccc(CC(NC(=O)c3c(F)cc(N4CCOCC4C(F)(F)F)cc3F)C(=O)O)c3c2OCCO3)c(=O)n(C)c(=O)n1C. The van der Waals surface area contributed by atoms with Gasteiger partial charge in [-0.25, -0.2) is 18.4 Å². The molecule has 0 spiro atoms. The van der Waals surface area contributed by atoms with Crippen LogP contribution in [-0.4, -0.2) is 77.3 Å². The molecule has 2 N–H and O–H groups in total. The average molecular weight is 669 g/mol. The van der Waals surface area contributed by atoms with Crippen LogP contribution in [0.2, 0.25) is 0 Å². The fourth-order valence-electron chi connectivity index (χ4n) is 5.58. The van der Waals surface area contributed by atoms with Gasteiger partial charge in [0.2, 0.25) is 0 Å². The van der Waals surface area contributed by atoms with Crippen LogP contribution in [0.15, 0.2) is 33.9 Å². The lowest BCUT2D eigenvalue weighted by molar-refractivity contribution is -0.167. The first kappa shape index (κ1) is 33.4. The number of aromatic nitrogens is 2. The highest BCUT2D eigenvalue weighted by Crippen LogP contribution is 2.43. The van der Waals surface area contributed by atoms with Crippen molar-refractivity contribution in [3.8, 4) is 22.6 Å². The van der Waals surface area contributed by atoms with E-state index < -0.39 is 77.3 Å². The maximum Gasteiger partial charge on any atom is 0.411 e. The van der Waals surface area contributed by atoms with Gasteiger partial charge in [0.15, 0.2) is 11.5 Å². The van der Waals surface area contributed by atoms with Crippen LogP contribution in [0.3, 0.4) is 0 Å². The molecule has 1 fully saturated rings. The van der Waals surface area contributed by atoms with Gasteiger partial charge in [0.1, 0.15) is 42.5 Å². The number of ether oxygens (including phenoxy) is 3. The number of carboxylic acid groups (broad SMARTS) is 1. The lowest BCUT2D eigenvalue weighted by Crippen LogP contribution is -2.53. The second-order valence-corrected chi connectivity index (χ2v) is 11.0. The van der Waals surface area contributed by atoms with Gasteiger partial charge in [-0.2, -0.15) is 13.2 Å². The second-order valence-electron chi connectivity index (χ2n) is 11.0. The summed E-state index contributed by atoms with van der Waals surface area (Å²) in [6.07, 6.45) is -5.22. The van der Waals surface area contributed by atoms with Crippen molar-refractivity contribution in [2.45, 2.75) is 31.6 Å². The van der Waals surface area contributed by atoms with E-state index in [1.165, 1.54) is 30.8 Å². The van der Waals surface area contributed by atoms with Gasteiger partial charge in [-0.3, -0.25) is 14.2 Å². The Balaban J connectivity index is 1.45. The van der Waals surface area contributed by atoms with Crippen molar-refractivity contribution in [1.82, 2.24) is 14.5 Å². The van der Waals surface area contributed by atoms with E-state index in [-0.39, 0.29) is 54.6 Å². The van der Waals surface area contributed by atoms with Crippen molar-refractivity contribution in [2.75, 3.05) is 37.9 Å². The smallest absolute Gasteiger partial charge is 0.411 e. The number of carboxylic acids is 1. The highest BCUT2D eigenvalue weighted by molar-refractivity contribution is 5.97. The summed E-state index contributed by atoms with van der Waals surface area (Å²) in [6.45, 7) is 0.504. The molecule has 0 saturated carbocycles. The lowest BCUT2D eigenvalue weighted by Gasteiger charge is -2.38. The van der Waals surface area contributed by atoms with E-state index in [0.717, 1.165) is 9.47 Å². The number of morpholine rings is 1. The maximum absolute atomic E-state index is 15.1. The van der Waals surface area contributed by atoms with Crippen LogP contribution < -0.4 is 30.9 Å². The zero-order valence-electron chi connectivity index (χ0n) is 25.2. The molecule has 0 bridgehead atoms. The number of benzene rings is 2. The van der Waals surface area contributed by atoms with Gasteiger partial charge in [0.25, 0.3) is 11.5 Å². The third kappa shape index (κ3) is 6.26. The zero-order chi connectivity index (χ0) is 34.4. The summed E-state index contributed by atoms with van der Waals surface area (Å²) in [5.74, 6) is -5.87. The van der Waals surface area contributed by atoms with Crippen LogP contribution >= 0.6 is 0 Å². The molecule has 2 atom stereocenters. The molecule has 2 aromatic carbocycles. The summed E-state index contributed by atoms with van der Waals surface area (Å²) in [6, 6.07) is 0.117. The van der Waals surface area contributed by atoms with Gasteiger partial charge in [0, 0.05) is 49.6 Å². The van der Waals surface area contributed by atoms with Crippen molar-refractivity contribution < 1.29 is 50.9 Å². The number of hydrogen-bond donors (Lipinski definition) is 2. The number of amides is 1. The van der Waals surface area contributed by atoms with Gasteiger partial charge in [0.05, 0.1) is 18.8 Å². The van der Waals surface area contributed by atoms with Gasteiger partial charge >= 0.3 is 17.8 Å². The van der Waals surface area contributed by atoms with Crippen LogP contribution in [0.5, 0.6) is 11.5 Å². The Morgan fingerprint density at radius 3 is 2.28 bits per heavy atom. The summed E-state index contributed by atoms with van der Waals surface area (Å²) in [5, 5.41) is 12.0. The first-order valence-electron chi connectivity index (χ1n) is 14.2. The fourth-order valence-corrected chi connectivity index (χ4v) is 5.58. The van der Waals surface area contributed by atoms with Crippen LogP contribution in [0, 0.1) is 18.6 Å². The predicted molar refractivity (Wildman–Crippen MR) is 155 cm³/mol. The number of halogens is 5. The minimum absolute atomic E-state index is 0.0545. The summed E-state index contributed by atoms with van der Waals surface area (Å²) in [5.41, 5.74) is -1.87. The number of alkyl halides is 3. The number of rotatable bonds is 7. The standard InChI is InChI=1S/C30H29F5N4O8/c1-14-22(27(41)38(3)29(44)37(14)2)17-5-4-15(24-25(17)47-9-8-46-24)10-20(28(42)43)36-26(40)23-18(31)11-16(12-19(23)32)39-6-7-45-13-21(39)30(33,34)35/h4-5,11-12,20-21H,6-10,13H2,1-3H3,(H,36,40)(H,42,43). The normalized spacial score (nSPS) is 16.9. The monoisotopic (exact) mass is 668 g/mol. The summed E-state index contributed by atoms with van der Waals surface area (Å²) < 4.78 is 89.4. The number of fused-ring (bicyclic) bond motifs is 1. The Morgan fingerprint density at radius 1 is 1.02 bits per heavy atom. The number of carbonyl (C=O) groups is 2. The predicted octanol–water partition coefficient (Wildman–Crippen LogP) is 2.30. The molecule has 17 heteroatoms. The van der Waals surface area contributed by atoms with Gasteiger partial charge in [-0.15, -0.1) is 0 Å². The molecule has 1 aromatic heterocycles. The van der Waals surface area contributed by atoms with Gasteiger partial charge in [-0.05, 0) is 25.1 Å². The Hall–Kier alpha value is -4.93. The zero-order valence-corrected chi connectivity index (χ0v) is 25.2. The number of anilines is 1. The van der Waals surface area contributed by atoms with Crippen molar-refractivity contribution in [2.24, 2.45) is 14.1 Å². The van der Waals surface area contributed by atoms with E-state index >= 15 is 8.78 Å². The van der Waals surface area contributed by atoms with Gasteiger partial charge in [-0.1, -0.05) is 6.07 Å². The third-order valence-corrected chi connectivity index (χ3v) is 8.12. The van der Waals surface area contributed by atoms with Crippen LogP contribution in [0.1, 0.15) is 21.6 Å². The molecule has 0 radical (unpaired) electrons. The molecule has 2 aliphatic heterocycles. The highest BCUT2D eigenvalue weighted by Gasteiger charge is 2.46. The summed E-state index contributed by atoms with van der Waals surface area (Å²) in [7, 11) is 2.80. The Bertz CT molecular complexity index is 1850. The molecule has 2 aliphatic rings. The number of nitrogens with zero attached hydrogens (tertiary/aromatic N) is 3. The van der Waals surface area contributed by atoms with Crippen LogP contribution in [0.4, 0.5) is 27.6 Å². The van der Waals surface area contributed by atoms with Crippen molar-refractivity contribution >= 4 is 17.6 Å². The first-order valence-corrected chi connectivity index (χ1v) is 14.2. The maximum atomic E-state index is 15.1. The lowest BCUT2D eigenvalue weighted by atomic mass is 9.97. The molecule has 2 unspecified atom stereocenters. The summed E-state index contributed by atoms with van der Waals surface area (Å²) >= 11 is 0. The second kappa shape index (κ2) is 12.7. The Kier molecular flexibility index (Phi) is 9.03. The Labute approximate surface area is 262 Å². The minimum atomic E-state index is -4.77. The highest BCUT2D eigenvalue weighted by atomic mass is 19.4. The molecule has 12 nitrogen and oxygen atoms in total. The molecule has 3 aromatic rings. The Morgan fingerprint density at radius 2 is 1.66 bits per heavy atom. The van der Waals surface area contributed by atoms with E-state index in [0.29, 0.717) is 17.8 Å². The van der Waals surface area contributed by atoms with E-state index in [2.05, 4.69) is 5.32 Å². The molecule has 1 amide bonds. The van der Waals surface area contributed by atoms with Crippen molar-refractivity contribution in [1.29, 1.82) is 0 Å². The van der Waals surface area contributed by atoms with E-state index in [4.69, 9.17) is 14.2 Å². The largest absolute Gasteiger partial charge is 0.486 e. The number of aliphatic carboxylic acids is 1. The third-order valence-electron chi connectivity index (χ3n) is 8.12. The van der Waals surface area contributed by atoms with Crippen molar-refractivity contribution in [3.05, 3.63) is 73.6 Å². The quantitative estimate of drug-likeness (QED) is 0.363. The van der Waals surface area contributed by atoms with E-state index in [1.54, 1.807) is 6.92 Å². The topological polar surface area (TPSA) is 141 Å². The van der Waals surface area contributed by atoms with E-state index in [1.807, 2.05) is 0 Å². The van der Waals surface area contributed by atoms with Crippen LogP contribution in [-0.2, 0) is 30.0 Å². The summed E-state index contributed by atoms with van der Waals surface area (Å²) in [4.78, 5) is 51.4. The molecule has 0 aliphatic carbocycles. The first-order chi connectivity index (χ1) is 22.1. The number of hydrogen-bond acceptors (Lipinski definition) is 8. The molecular weight excluding hydrogens is 639 g/mol. The fraction of sp³-hybridized carbons (Fsp3) is 0.400. The molecule has 3 heterocycles. The molecule has 1 saturated heterocycles. The molecule has 252 valence electrons. The molecular formula is C30H29F5N4O8. The number of carbonyl (C=O) groups excluding carboxylic acids is 1. The average Bonchev–Trinajstić information content (AvgIpc) is 3.02. The molecule has 47 heavy (non-hydrogen) atoms.